The van der Waals surface area contributed by atoms with Gasteiger partial charge in [-0.3, -0.25) is 9.59 Å². The van der Waals surface area contributed by atoms with E-state index in [0.717, 1.165) is 16.3 Å². The third-order valence-electron chi connectivity index (χ3n) is 5.47. The van der Waals surface area contributed by atoms with Crippen molar-refractivity contribution in [3.8, 4) is 5.69 Å². The van der Waals surface area contributed by atoms with Crippen molar-refractivity contribution in [3.05, 3.63) is 77.9 Å². The number of hydrogen-bond acceptors (Lipinski definition) is 3. The minimum absolute atomic E-state index is 0.00741. The number of halogens is 1. The summed E-state index contributed by atoms with van der Waals surface area (Å²) in [4.78, 5) is 28.0. The summed E-state index contributed by atoms with van der Waals surface area (Å²) in [6, 6.07) is 15.2. The zero-order valence-corrected chi connectivity index (χ0v) is 17.3. The van der Waals surface area contributed by atoms with Crippen LogP contribution in [0, 0.1) is 12.7 Å². The molecule has 160 valence electrons. The summed E-state index contributed by atoms with van der Waals surface area (Å²) in [5, 5.41) is 7.00. The molecule has 3 aromatic rings. The largest absolute Gasteiger partial charge is 0.327 e. The first kappa shape index (κ1) is 20.7. The molecule has 2 N–H and O–H groups in total. The number of carbonyl (C=O) groups is 2. The van der Waals surface area contributed by atoms with Gasteiger partial charge in [-0.1, -0.05) is 6.07 Å². The van der Waals surface area contributed by atoms with E-state index < -0.39 is 0 Å². The van der Waals surface area contributed by atoms with Gasteiger partial charge in [-0.15, -0.1) is 0 Å². The highest BCUT2D eigenvalue weighted by Gasteiger charge is 2.26. The van der Waals surface area contributed by atoms with Gasteiger partial charge in [0.2, 0.25) is 0 Å². The van der Waals surface area contributed by atoms with Crippen LogP contribution in [-0.4, -0.2) is 59.2 Å². The summed E-state index contributed by atoms with van der Waals surface area (Å²) < 4.78 is 15.1. The fourth-order valence-electron chi connectivity index (χ4n) is 3.77. The van der Waals surface area contributed by atoms with Crippen molar-refractivity contribution in [1.29, 1.82) is 0 Å². The fourth-order valence-corrected chi connectivity index (χ4v) is 3.77. The first-order valence-corrected chi connectivity index (χ1v) is 10.3. The Balaban J connectivity index is 1.28. The molecule has 0 aliphatic carbocycles. The zero-order chi connectivity index (χ0) is 21.8. The van der Waals surface area contributed by atoms with Gasteiger partial charge in [0.1, 0.15) is 5.82 Å². The lowest BCUT2D eigenvalue weighted by Crippen LogP contribution is -3.15. The molecule has 0 radical (unpaired) electrons. The Morgan fingerprint density at radius 1 is 1.10 bits per heavy atom. The third kappa shape index (κ3) is 4.97. The molecule has 1 aliphatic rings. The van der Waals surface area contributed by atoms with Crippen molar-refractivity contribution in [2.45, 2.75) is 6.92 Å². The summed E-state index contributed by atoms with van der Waals surface area (Å²) in [7, 11) is 0. The number of quaternary nitrogens is 1. The van der Waals surface area contributed by atoms with E-state index in [1.54, 1.807) is 18.3 Å². The molecule has 2 amide bonds. The summed E-state index contributed by atoms with van der Waals surface area (Å²) in [5.74, 6) is -0.554. The van der Waals surface area contributed by atoms with Crippen LogP contribution in [0.5, 0.6) is 0 Å². The molecule has 2 heterocycles. The van der Waals surface area contributed by atoms with Crippen LogP contribution < -0.4 is 10.2 Å². The Morgan fingerprint density at radius 2 is 1.84 bits per heavy atom. The van der Waals surface area contributed by atoms with Crippen LogP contribution in [0.3, 0.4) is 0 Å². The van der Waals surface area contributed by atoms with Gasteiger partial charge in [0, 0.05) is 23.1 Å². The summed E-state index contributed by atoms with van der Waals surface area (Å²) in [6.07, 6.45) is 1.74. The van der Waals surface area contributed by atoms with Crippen molar-refractivity contribution in [1.82, 2.24) is 14.7 Å². The molecular formula is C23H25FN5O2+. The van der Waals surface area contributed by atoms with E-state index in [4.69, 9.17) is 0 Å². The molecule has 1 aliphatic heterocycles. The molecule has 1 saturated heterocycles. The standard InChI is InChI=1S/C23H24FN5O2/c1-17-9-10-25-29(17)21-7-5-18(6-8-21)23(31)28-13-11-27(12-14-28)16-22(30)26-20-4-2-3-19(24)15-20/h2-10,15H,11-14,16H2,1H3,(H,26,30)/p+1. The number of anilines is 1. The minimum Gasteiger partial charge on any atom is -0.327 e. The average Bonchev–Trinajstić information content (AvgIpc) is 3.20. The normalized spacial score (nSPS) is 14.5. The predicted octanol–water partition coefficient (Wildman–Crippen LogP) is 1.30. The van der Waals surface area contributed by atoms with Crippen LogP contribution in [0.15, 0.2) is 60.8 Å². The van der Waals surface area contributed by atoms with Crippen LogP contribution in [0.4, 0.5) is 10.1 Å². The van der Waals surface area contributed by atoms with Gasteiger partial charge in [-0.25, -0.2) is 9.07 Å². The summed E-state index contributed by atoms with van der Waals surface area (Å²) >= 11 is 0. The van der Waals surface area contributed by atoms with E-state index in [1.165, 1.54) is 12.1 Å². The lowest BCUT2D eigenvalue weighted by molar-refractivity contribution is -0.895. The van der Waals surface area contributed by atoms with Gasteiger partial charge < -0.3 is 15.1 Å². The lowest BCUT2D eigenvalue weighted by Gasteiger charge is -2.32. The Bertz CT molecular complexity index is 1070. The van der Waals surface area contributed by atoms with Gasteiger partial charge in [-0.05, 0) is 55.5 Å². The quantitative estimate of drug-likeness (QED) is 0.651. The molecule has 2 aromatic carbocycles. The van der Waals surface area contributed by atoms with Gasteiger partial charge >= 0.3 is 0 Å². The monoisotopic (exact) mass is 422 g/mol. The number of piperazine rings is 1. The maximum absolute atomic E-state index is 13.2. The van der Waals surface area contributed by atoms with Crippen LogP contribution in [0.1, 0.15) is 16.1 Å². The molecule has 7 nitrogen and oxygen atoms in total. The molecule has 4 rings (SSSR count). The van der Waals surface area contributed by atoms with E-state index in [2.05, 4.69) is 10.4 Å². The number of hydrogen-bond donors (Lipinski definition) is 2. The number of aryl methyl sites for hydroxylation is 1. The second kappa shape index (κ2) is 9.09. The maximum Gasteiger partial charge on any atom is 0.279 e. The second-order valence-corrected chi connectivity index (χ2v) is 7.71. The average molecular weight is 422 g/mol. The van der Waals surface area contributed by atoms with E-state index in [0.29, 0.717) is 37.4 Å². The first-order valence-electron chi connectivity index (χ1n) is 10.3. The number of rotatable bonds is 5. The van der Waals surface area contributed by atoms with Gasteiger partial charge in [0.25, 0.3) is 11.8 Å². The number of amides is 2. The number of benzene rings is 2. The molecule has 8 heteroatoms. The molecule has 0 saturated carbocycles. The Hall–Kier alpha value is -3.52. The highest BCUT2D eigenvalue weighted by molar-refractivity contribution is 5.94. The molecule has 0 unspecified atom stereocenters. The van der Waals surface area contributed by atoms with Crippen molar-refractivity contribution in [2.24, 2.45) is 0 Å². The van der Waals surface area contributed by atoms with Crippen molar-refractivity contribution in [2.75, 3.05) is 38.0 Å². The molecule has 1 aromatic heterocycles. The molecular weight excluding hydrogens is 397 g/mol. The summed E-state index contributed by atoms with van der Waals surface area (Å²) in [6.45, 7) is 4.81. The molecule has 0 bridgehead atoms. The van der Waals surface area contributed by atoms with E-state index in [-0.39, 0.29) is 24.2 Å². The molecule has 31 heavy (non-hydrogen) atoms. The lowest BCUT2D eigenvalue weighted by atomic mass is 10.1. The SMILES string of the molecule is Cc1ccnn1-c1ccc(C(=O)N2CC[NH+](CC(=O)Nc3cccc(F)c3)CC2)cc1. The van der Waals surface area contributed by atoms with Crippen LogP contribution in [0.25, 0.3) is 5.69 Å². The van der Waals surface area contributed by atoms with E-state index in [9.17, 15) is 14.0 Å². The van der Waals surface area contributed by atoms with E-state index in [1.807, 2.05) is 46.8 Å². The van der Waals surface area contributed by atoms with Gasteiger partial charge in [0.15, 0.2) is 6.54 Å². The predicted molar refractivity (Wildman–Crippen MR) is 115 cm³/mol. The van der Waals surface area contributed by atoms with Crippen LogP contribution in [0.2, 0.25) is 0 Å². The Labute approximate surface area is 180 Å². The topological polar surface area (TPSA) is 71.7 Å². The smallest absolute Gasteiger partial charge is 0.279 e. The van der Waals surface area contributed by atoms with E-state index >= 15 is 0 Å². The van der Waals surface area contributed by atoms with Crippen molar-refractivity contribution >= 4 is 17.5 Å². The van der Waals surface area contributed by atoms with Gasteiger partial charge in [0.05, 0.1) is 31.9 Å². The highest BCUT2D eigenvalue weighted by Crippen LogP contribution is 2.13. The Morgan fingerprint density at radius 3 is 2.48 bits per heavy atom. The maximum atomic E-state index is 13.2. The van der Waals surface area contributed by atoms with Crippen molar-refractivity contribution < 1.29 is 18.9 Å². The zero-order valence-electron chi connectivity index (χ0n) is 17.3. The van der Waals surface area contributed by atoms with Crippen LogP contribution >= 0.6 is 0 Å². The number of carbonyl (C=O) groups excluding carboxylic acids is 2. The molecule has 1 fully saturated rings. The Kier molecular flexibility index (Phi) is 6.08. The van der Waals surface area contributed by atoms with Crippen molar-refractivity contribution in [3.63, 3.8) is 0 Å². The highest BCUT2D eigenvalue weighted by atomic mass is 19.1. The number of nitrogens with one attached hydrogen (secondary N) is 2. The van der Waals surface area contributed by atoms with Gasteiger partial charge in [-0.2, -0.15) is 5.10 Å². The molecule has 0 atom stereocenters. The summed E-state index contributed by atoms with van der Waals surface area (Å²) in [5.41, 5.74) is 3.03. The van der Waals surface area contributed by atoms with Crippen LogP contribution in [-0.2, 0) is 4.79 Å². The first-order chi connectivity index (χ1) is 15.0. The number of nitrogens with zero attached hydrogens (tertiary/aromatic N) is 3. The second-order valence-electron chi connectivity index (χ2n) is 7.71. The number of aromatic nitrogens is 2. The fraction of sp³-hybridized carbons (Fsp3) is 0.261. The third-order valence-corrected chi connectivity index (χ3v) is 5.47. The minimum atomic E-state index is -0.384. The molecule has 0 spiro atoms.